The summed E-state index contributed by atoms with van der Waals surface area (Å²) in [5, 5.41) is 11.5. The van der Waals surface area contributed by atoms with Crippen LogP contribution in [0.2, 0.25) is 0 Å². The minimum absolute atomic E-state index is 0.108. The highest BCUT2D eigenvalue weighted by atomic mass is 16.5. The van der Waals surface area contributed by atoms with Gasteiger partial charge in [-0.25, -0.2) is 0 Å². The number of anilines is 2. The second-order valence-electron chi connectivity index (χ2n) is 13.4. The second kappa shape index (κ2) is 17.2. The number of hydrogen-bond acceptors (Lipinski definition) is 10. The molecule has 2 N–H and O–H groups in total. The van der Waals surface area contributed by atoms with Crippen LogP contribution < -0.4 is 30.3 Å². The van der Waals surface area contributed by atoms with Crippen molar-refractivity contribution in [2.75, 3.05) is 38.0 Å². The Balaban J connectivity index is 1.06. The molecule has 57 heavy (non-hydrogen) atoms. The minimum atomic E-state index is -0.714. The number of rotatable bonds is 15. The van der Waals surface area contributed by atoms with Crippen molar-refractivity contribution in [3.63, 3.8) is 0 Å². The number of fused-ring (bicyclic) bond motifs is 2. The van der Waals surface area contributed by atoms with Gasteiger partial charge >= 0.3 is 0 Å². The van der Waals surface area contributed by atoms with Crippen LogP contribution in [0.4, 0.5) is 11.4 Å². The van der Waals surface area contributed by atoms with Crippen LogP contribution in [0.15, 0.2) is 119 Å². The fourth-order valence-corrected chi connectivity index (χ4v) is 6.65. The van der Waals surface area contributed by atoms with E-state index in [0.29, 0.717) is 35.7 Å². The minimum Gasteiger partial charge on any atom is -0.493 e. The summed E-state index contributed by atoms with van der Waals surface area (Å²) in [4.78, 5) is 46.6. The topological polar surface area (TPSA) is 150 Å². The Morgan fingerprint density at radius 2 is 1.56 bits per heavy atom. The number of carbonyl (C=O) groups is 2. The molecule has 0 aliphatic heterocycles. The summed E-state index contributed by atoms with van der Waals surface area (Å²) >= 11 is 0. The first-order valence-corrected chi connectivity index (χ1v) is 18.4. The van der Waals surface area contributed by atoms with Crippen LogP contribution in [0.25, 0.3) is 21.9 Å². The molecule has 7 rings (SSSR count). The molecule has 3 heterocycles. The molecule has 0 bridgehead atoms. The summed E-state index contributed by atoms with van der Waals surface area (Å²) in [6, 6.07) is 26.8. The Bertz CT molecular complexity index is 2620. The van der Waals surface area contributed by atoms with E-state index in [1.807, 2.05) is 61.4 Å². The van der Waals surface area contributed by atoms with Gasteiger partial charge in [-0.3, -0.25) is 28.9 Å². The molecule has 0 aliphatic carbocycles. The number of hydrogen-bond donors (Lipinski definition) is 2. The number of nitrogens with zero attached hydrogens (tertiary/aromatic N) is 4. The van der Waals surface area contributed by atoms with E-state index >= 15 is 0 Å². The van der Waals surface area contributed by atoms with Gasteiger partial charge in [-0.05, 0) is 78.6 Å². The van der Waals surface area contributed by atoms with Crippen molar-refractivity contribution < 1.29 is 28.2 Å². The summed E-state index contributed by atoms with van der Waals surface area (Å²) in [6.07, 6.45) is 6.23. The highest BCUT2D eigenvalue weighted by Gasteiger charge is 2.21. The van der Waals surface area contributed by atoms with E-state index < -0.39 is 11.8 Å². The molecule has 290 valence electrons. The van der Waals surface area contributed by atoms with Crippen LogP contribution in [0.1, 0.15) is 44.5 Å². The fourth-order valence-electron chi connectivity index (χ4n) is 6.65. The van der Waals surface area contributed by atoms with Gasteiger partial charge in [-0.15, -0.1) is 0 Å². The molecule has 0 fully saturated rings. The summed E-state index contributed by atoms with van der Waals surface area (Å²) in [5.74, 6) is -0.103. The fraction of sp³-hybridized carbons (Fsp3) is 0.205. The number of aromatic nitrogens is 3. The number of methoxy groups -OCH3 is 2. The number of amides is 2. The van der Waals surface area contributed by atoms with Crippen molar-refractivity contribution in [1.82, 2.24) is 19.7 Å². The molecule has 0 saturated carbocycles. The van der Waals surface area contributed by atoms with Crippen LogP contribution in [0, 0.1) is 0 Å². The van der Waals surface area contributed by atoms with Gasteiger partial charge < -0.3 is 29.3 Å². The van der Waals surface area contributed by atoms with Gasteiger partial charge in [0.15, 0.2) is 22.7 Å². The van der Waals surface area contributed by atoms with Gasteiger partial charge in [-0.1, -0.05) is 30.3 Å². The Morgan fingerprint density at radius 1 is 0.807 bits per heavy atom. The zero-order valence-electron chi connectivity index (χ0n) is 32.1. The first-order valence-electron chi connectivity index (χ1n) is 18.4. The average molecular weight is 767 g/mol. The number of aryl methyl sites for hydroxylation is 1. The van der Waals surface area contributed by atoms with E-state index in [9.17, 15) is 14.4 Å². The lowest BCUT2D eigenvalue weighted by Crippen LogP contribution is -2.25. The Kier molecular flexibility index (Phi) is 11.6. The quantitative estimate of drug-likeness (QED) is 0.109. The normalized spacial score (nSPS) is 11.2. The lowest BCUT2D eigenvalue weighted by Gasteiger charge is -2.23. The molecule has 13 heteroatoms. The molecule has 0 saturated heterocycles. The van der Waals surface area contributed by atoms with Crippen LogP contribution in [0.5, 0.6) is 17.2 Å². The molecule has 13 nitrogen and oxygen atoms in total. The van der Waals surface area contributed by atoms with Crippen molar-refractivity contribution in [3.05, 3.63) is 148 Å². The predicted molar refractivity (Wildman–Crippen MR) is 218 cm³/mol. The first kappa shape index (κ1) is 38.3. The summed E-state index contributed by atoms with van der Waals surface area (Å²) in [6.45, 7) is 4.66. The standard InChI is InChI=1S/C44H42N6O7/c1-5-56-33-19-30(23-45-25-33)27-50(26-29-12-15-37-31(18-29)24-46-49(37)2)17-16-28-10-13-32(14-11-28)47-43(52)35-20-40(54-3)41(55-4)21-36(35)48-44(53)42-22-38(51)34-8-6-7-9-39(34)57-42/h6-15,18-25H,5,16-17,26-27H2,1-4H3,(H,47,52)(H,48,53). The largest absolute Gasteiger partial charge is 0.493 e. The number of benzene rings is 4. The molecule has 0 spiro atoms. The third-order valence-electron chi connectivity index (χ3n) is 9.51. The summed E-state index contributed by atoms with van der Waals surface area (Å²) in [7, 11) is 4.84. The van der Waals surface area contributed by atoms with Gasteiger partial charge in [0.1, 0.15) is 11.3 Å². The van der Waals surface area contributed by atoms with E-state index in [2.05, 4.69) is 43.8 Å². The van der Waals surface area contributed by atoms with Crippen molar-refractivity contribution in [1.29, 1.82) is 0 Å². The predicted octanol–water partition coefficient (Wildman–Crippen LogP) is 7.24. The molecule has 0 aliphatic rings. The number of nitrogens with one attached hydrogen (secondary N) is 2. The summed E-state index contributed by atoms with van der Waals surface area (Å²) < 4.78 is 24.2. The zero-order valence-corrected chi connectivity index (χ0v) is 32.1. The van der Waals surface area contributed by atoms with Crippen LogP contribution in [-0.2, 0) is 26.6 Å². The maximum Gasteiger partial charge on any atom is 0.291 e. The van der Waals surface area contributed by atoms with Crippen LogP contribution in [-0.4, -0.2) is 58.8 Å². The van der Waals surface area contributed by atoms with Crippen molar-refractivity contribution in [3.8, 4) is 17.2 Å². The third-order valence-corrected chi connectivity index (χ3v) is 9.51. The SMILES string of the molecule is CCOc1cncc(CN(CCc2ccc(NC(=O)c3cc(OC)c(OC)cc3NC(=O)c3cc(=O)c4ccccc4o3)cc2)Cc2ccc3c(cnn3C)c2)c1. The Hall–Kier alpha value is -6.99. The zero-order chi connectivity index (χ0) is 39.9. The highest BCUT2D eigenvalue weighted by molar-refractivity contribution is 6.12. The maximum atomic E-state index is 13.8. The second-order valence-corrected chi connectivity index (χ2v) is 13.4. The number of ether oxygens (including phenoxy) is 3. The van der Waals surface area contributed by atoms with E-state index in [1.54, 1.807) is 30.5 Å². The van der Waals surface area contributed by atoms with E-state index in [4.69, 9.17) is 18.6 Å². The lowest BCUT2D eigenvalue weighted by molar-refractivity contribution is 0.0997. The molecule has 3 aromatic heterocycles. The molecular formula is C44H42N6O7. The van der Waals surface area contributed by atoms with Gasteiger partial charge in [0.2, 0.25) is 0 Å². The number of para-hydroxylation sites is 1. The van der Waals surface area contributed by atoms with Crippen LogP contribution in [0.3, 0.4) is 0 Å². The molecule has 2 amide bonds. The summed E-state index contributed by atoms with van der Waals surface area (Å²) in [5.41, 5.74) is 5.08. The van der Waals surface area contributed by atoms with Crippen LogP contribution >= 0.6 is 0 Å². The van der Waals surface area contributed by atoms with Gasteiger partial charge in [0.05, 0.1) is 55.4 Å². The number of pyridine rings is 1. The molecule has 0 radical (unpaired) electrons. The van der Waals surface area contributed by atoms with Crippen molar-refractivity contribution >= 4 is 45.1 Å². The molecule has 4 aromatic carbocycles. The highest BCUT2D eigenvalue weighted by Crippen LogP contribution is 2.34. The third kappa shape index (κ3) is 8.95. The smallest absolute Gasteiger partial charge is 0.291 e. The molecule has 0 unspecified atom stereocenters. The molecule has 0 atom stereocenters. The van der Waals surface area contributed by atoms with E-state index in [1.165, 1.54) is 31.9 Å². The monoisotopic (exact) mass is 766 g/mol. The Labute approximate surface area is 328 Å². The first-order chi connectivity index (χ1) is 27.7. The maximum absolute atomic E-state index is 13.8. The number of carbonyl (C=O) groups excluding carboxylic acids is 2. The van der Waals surface area contributed by atoms with Gasteiger partial charge in [0, 0.05) is 56.1 Å². The average Bonchev–Trinajstić information content (AvgIpc) is 3.59. The van der Waals surface area contributed by atoms with E-state index in [0.717, 1.165) is 53.4 Å². The molecule has 7 aromatic rings. The van der Waals surface area contributed by atoms with Gasteiger partial charge in [0.25, 0.3) is 11.8 Å². The molecular weight excluding hydrogens is 725 g/mol. The Morgan fingerprint density at radius 3 is 2.35 bits per heavy atom. The van der Waals surface area contributed by atoms with E-state index in [-0.39, 0.29) is 28.0 Å². The van der Waals surface area contributed by atoms with Crippen molar-refractivity contribution in [2.45, 2.75) is 26.4 Å². The van der Waals surface area contributed by atoms with Gasteiger partial charge in [-0.2, -0.15) is 5.10 Å². The lowest BCUT2D eigenvalue weighted by atomic mass is 10.1. The van der Waals surface area contributed by atoms with Crippen molar-refractivity contribution in [2.24, 2.45) is 7.05 Å².